The van der Waals surface area contributed by atoms with Crippen molar-refractivity contribution in [3.8, 4) is 11.5 Å². The van der Waals surface area contributed by atoms with Crippen LogP contribution in [0.4, 0.5) is 5.69 Å². The Hall–Kier alpha value is -1.38. The Morgan fingerprint density at radius 1 is 1.31 bits per heavy atom. The maximum atomic E-state index is 5.42. The minimum Gasteiger partial charge on any atom is -0.454 e. The summed E-state index contributed by atoms with van der Waals surface area (Å²) in [6, 6.07) is 6.96. The average Bonchev–Trinajstić information content (AvgIpc) is 2.96. The van der Waals surface area contributed by atoms with E-state index in [2.05, 4.69) is 24.0 Å². The van der Waals surface area contributed by atoms with Crippen molar-refractivity contribution >= 4 is 5.69 Å². The second kappa shape index (κ2) is 3.89. The van der Waals surface area contributed by atoms with Crippen molar-refractivity contribution in [1.29, 1.82) is 0 Å². The fourth-order valence-electron chi connectivity index (χ4n) is 2.66. The first-order valence-electron chi connectivity index (χ1n) is 6.05. The number of hydrogen-bond acceptors (Lipinski definition) is 3. The molecule has 2 aliphatic rings. The van der Waals surface area contributed by atoms with Crippen LogP contribution < -0.4 is 14.4 Å². The third-order valence-corrected chi connectivity index (χ3v) is 3.54. The van der Waals surface area contributed by atoms with Crippen molar-refractivity contribution in [2.45, 2.75) is 32.2 Å². The van der Waals surface area contributed by atoms with Gasteiger partial charge in [-0.3, -0.25) is 0 Å². The van der Waals surface area contributed by atoms with Crippen LogP contribution in [0.3, 0.4) is 0 Å². The van der Waals surface area contributed by atoms with E-state index in [9.17, 15) is 0 Å². The van der Waals surface area contributed by atoms with Gasteiger partial charge in [0.1, 0.15) is 0 Å². The van der Waals surface area contributed by atoms with E-state index >= 15 is 0 Å². The molecule has 0 aliphatic carbocycles. The minimum atomic E-state index is 0.357. The summed E-state index contributed by atoms with van der Waals surface area (Å²) in [6.07, 6.45) is 3.83. The second-order valence-corrected chi connectivity index (χ2v) is 4.44. The number of rotatable bonds is 2. The van der Waals surface area contributed by atoms with Crippen LogP contribution in [0.1, 0.15) is 26.2 Å². The van der Waals surface area contributed by atoms with Gasteiger partial charge in [-0.25, -0.2) is 0 Å². The summed E-state index contributed by atoms with van der Waals surface area (Å²) in [7, 11) is 0. The molecular weight excluding hydrogens is 202 g/mol. The van der Waals surface area contributed by atoms with Crippen molar-refractivity contribution in [3.05, 3.63) is 18.2 Å². The molecule has 1 fully saturated rings. The van der Waals surface area contributed by atoms with E-state index in [4.69, 9.17) is 9.47 Å². The van der Waals surface area contributed by atoms with Gasteiger partial charge < -0.3 is 14.4 Å². The van der Waals surface area contributed by atoms with E-state index in [0.29, 0.717) is 12.8 Å². The molecule has 2 heterocycles. The zero-order valence-electron chi connectivity index (χ0n) is 9.61. The average molecular weight is 219 g/mol. The first-order valence-corrected chi connectivity index (χ1v) is 6.05. The van der Waals surface area contributed by atoms with Gasteiger partial charge in [-0.15, -0.1) is 0 Å². The van der Waals surface area contributed by atoms with Gasteiger partial charge in [0.2, 0.25) is 6.79 Å². The molecular formula is C13H17NO2. The van der Waals surface area contributed by atoms with Gasteiger partial charge in [0.15, 0.2) is 11.5 Å². The number of nitrogens with zero attached hydrogens (tertiary/aromatic N) is 1. The van der Waals surface area contributed by atoms with Gasteiger partial charge in [-0.05, 0) is 31.4 Å². The summed E-state index contributed by atoms with van der Waals surface area (Å²) in [5.74, 6) is 1.76. The highest BCUT2D eigenvalue weighted by Crippen LogP contribution is 2.37. The topological polar surface area (TPSA) is 21.7 Å². The van der Waals surface area contributed by atoms with Crippen LogP contribution in [0.2, 0.25) is 0 Å². The number of benzene rings is 1. The molecule has 2 aliphatic heterocycles. The molecule has 1 aromatic carbocycles. The van der Waals surface area contributed by atoms with Crippen molar-refractivity contribution in [2.75, 3.05) is 18.2 Å². The van der Waals surface area contributed by atoms with Crippen LogP contribution in [0.25, 0.3) is 0 Å². The van der Waals surface area contributed by atoms with Crippen molar-refractivity contribution in [3.63, 3.8) is 0 Å². The summed E-state index contributed by atoms with van der Waals surface area (Å²) >= 11 is 0. The van der Waals surface area contributed by atoms with Gasteiger partial charge >= 0.3 is 0 Å². The lowest BCUT2D eigenvalue weighted by atomic mass is 10.1. The molecule has 3 nitrogen and oxygen atoms in total. The molecule has 0 aromatic heterocycles. The quantitative estimate of drug-likeness (QED) is 0.763. The van der Waals surface area contributed by atoms with Crippen molar-refractivity contribution < 1.29 is 9.47 Å². The Balaban J connectivity index is 1.89. The Labute approximate surface area is 96.0 Å². The number of ether oxygens (including phenoxy) is 2. The Bertz CT molecular complexity index is 392. The van der Waals surface area contributed by atoms with Crippen LogP contribution >= 0.6 is 0 Å². The van der Waals surface area contributed by atoms with Gasteiger partial charge in [-0.2, -0.15) is 0 Å². The van der Waals surface area contributed by atoms with Gasteiger partial charge in [-0.1, -0.05) is 6.92 Å². The van der Waals surface area contributed by atoms with Gasteiger partial charge in [0, 0.05) is 24.3 Å². The van der Waals surface area contributed by atoms with E-state index in [1.54, 1.807) is 0 Å². The number of anilines is 1. The predicted octanol–water partition coefficient (Wildman–Crippen LogP) is 2.79. The van der Waals surface area contributed by atoms with Gasteiger partial charge in [0.25, 0.3) is 0 Å². The molecule has 1 saturated heterocycles. The zero-order valence-corrected chi connectivity index (χ0v) is 9.61. The molecule has 0 amide bonds. The molecule has 16 heavy (non-hydrogen) atoms. The largest absolute Gasteiger partial charge is 0.454 e. The molecule has 1 aromatic rings. The fourth-order valence-corrected chi connectivity index (χ4v) is 2.66. The molecule has 3 heteroatoms. The standard InChI is InChI=1S/C13H17NO2/c1-2-10-4-3-7-14(10)11-5-6-12-13(8-11)16-9-15-12/h5-6,8,10H,2-4,7,9H2,1H3. The van der Waals surface area contributed by atoms with E-state index in [0.717, 1.165) is 18.0 Å². The van der Waals surface area contributed by atoms with Crippen LogP contribution in [0.5, 0.6) is 11.5 Å². The molecule has 0 saturated carbocycles. The summed E-state index contributed by atoms with van der Waals surface area (Å²) in [6.45, 7) is 3.78. The summed E-state index contributed by atoms with van der Waals surface area (Å²) in [5.41, 5.74) is 1.27. The molecule has 1 unspecified atom stereocenters. The SMILES string of the molecule is CCC1CCCN1c1ccc2c(c1)OCO2. The van der Waals surface area contributed by atoms with Crippen LogP contribution in [-0.4, -0.2) is 19.4 Å². The lowest BCUT2D eigenvalue weighted by molar-refractivity contribution is 0.174. The van der Waals surface area contributed by atoms with E-state index in [1.165, 1.54) is 24.9 Å². The molecule has 0 bridgehead atoms. The monoisotopic (exact) mass is 219 g/mol. The lowest BCUT2D eigenvalue weighted by Gasteiger charge is -2.26. The zero-order chi connectivity index (χ0) is 11.0. The summed E-state index contributed by atoms with van der Waals surface area (Å²) < 4.78 is 10.7. The predicted molar refractivity (Wildman–Crippen MR) is 63.2 cm³/mol. The first kappa shape index (κ1) is 9.82. The molecule has 86 valence electrons. The molecule has 0 radical (unpaired) electrons. The molecule has 1 atom stereocenters. The van der Waals surface area contributed by atoms with Gasteiger partial charge in [0.05, 0.1) is 0 Å². The van der Waals surface area contributed by atoms with Crippen LogP contribution in [0.15, 0.2) is 18.2 Å². The van der Waals surface area contributed by atoms with E-state index in [1.807, 2.05) is 6.07 Å². The summed E-state index contributed by atoms with van der Waals surface area (Å²) in [5, 5.41) is 0. The first-order chi connectivity index (χ1) is 7.88. The Morgan fingerprint density at radius 2 is 2.19 bits per heavy atom. The van der Waals surface area contributed by atoms with Crippen molar-refractivity contribution in [1.82, 2.24) is 0 Å². The maximum Gasteiger partial charge on any atom is 0.231 e. The van der Waals surface area contributed by atoms with E-state index in [-0.39, 0.29) is 0 Å². The maximum absolute atomic E-state index is 5.42. The highest BCUT2D eigenvalue weighted by molar-refractivity contribution is 5.58. The minimum absolute atomic E-state index is 0.357. The van der Waals surface area contributed by atoms with Crippen molar-refractivity contribution in [2.24, 2.45) is 0 Å². The third kappa shape index (κ3) is 1.51. The van der Waals surface area contributed by atoms with Crippen LogP contribution in [-0.2, 0) is 0 Å². The lowest BCUT2D eigenvalue weighted by Crippen LogP contribution is -2.28. The molecule has 0 spiro atoms. The normalized spacial score (nSPS) is 22.8. The third-order valence-electron chi connectivity index (χ3n) is 3.54. The highest BCUT2D eigenvalue weighted by Gasteiger charge is 2.24. The fraction of sp³-hybridized carbons (Fsp3) is 0.538. The van der Waals surface area contributed by atoms with Crippen LogP contribution in [0, 0.1) is 0 Å². The Kier molecular flexibility index (Phi) is 2.39. The molecule has 3 rings (SSSR count). The molecule has 0 N–H and O–H groups in total. The Morgan fingerprint density at radius 3 is 3.06 bits per heavy atom. The smallest absolute Gasteiger partial charge is 0.231 e. The second-order valence-electron chi connectivity index (χ2n) is 4.44. The summed E-state index contributed by atoms with van der Waals surface area (Å²) in [4.78, 5) is 2.49. The number of fused-ring (bicyclic) bond motifs is 1. The van der Waals surface area contributed by atoms with E-state index < -0.39 is 0 Å². The number of hydrogen-bond donors (Lipinski definition) is 0. The highest BCUT2D eigenvalue weighted by atomic mass is 16.7.